The van der Waals surface area contributed by atoms with Crippen molar-refractivity contribution in [1.29, 1.82) is 0 Å². The Hall–Kier alpha value is -0.570. The van der Waals surface area contributed by atoms with E-state index in [9.17, 15) is 9.90 Å². The van der Waals surface area contributed by atoms with Crippen LogP contribution in [0.2, 0.25) is 10.0 Å². The molecule has 1 unspecified atom stereocenters. The van der Waals surface area contributed by atoms with E-state index >= 15 is 0 Å². The van der Waals surface area contributed by atoms with Crippen LogP contribution in [-0.2, 0) is 11.2 Å². The van der Waals surface area contributed by atoms with Gasteiger partial charge in [-0.25, -0.2) is 0 Å². The third-order valence-corrected chi connectivity index (χ3v) is 2.56. The second kappa shape index (κ2) is 4.30. The van der Waals surface area contributed by atoms with Crippen LogP contribution in [0.25, 0.3) is 0 Å². The molecule has 4 heteroatoms. The molecule has 1 rings (SSSR count). The summed E-state index contributed by atoms with van der Waals surface area (Å²) in [4.78, 5) is 10.5. The highest BCUT2D eigenvalue weighted by Crippen LogP contribution is 2.27. The third kappa shape index (κ3) is 2.71. The Bertz CT molecular complexity index is 328. The summed E-state index contributed by atoms with van der Waals surface area (Å²) in [6.07, 6.45) is 0.599. The number of hydrogen-bond acceptors (Lipinski definition) is 2. The van der Waals surface area contributed by atoms with Crippen LogP contribution < -0.4 is 0 Å². The Morgan fingerprint density at radius 2 is 1.93 bits per heavy atom. The van der Waals surface area contributed by atoms with Gasteiger partial charge in [-0.1, -0.05) is 29.3 Å². The summed E-state index contributed by atoms with van der Waals surface area (Å²) in [5.41, 5.74) is -0.831. The molecule has 76 valence electrons. The average molecular weight is 233 g/mol. The van der Waals surface area contributed by atoms with Gasteiger partial charge in [0, 0.05) is 16.5 Å². The maximum atomic E-state index is 10.5. The topological polar surface area (TPSA) is 37.3 Å². The Morgan fingerprint density at radius 3 is 2.36 bits per heavy atom. The Morgan fingerprint density at radius 1 is 1.43 bits per heavy atom. The Kier molecular flexibility index (Phi) is 3.53. The van der Waals surface area contributed by atoms with Crippen LogP contribution in [0.5, 0.6) is 0 Å². The molecule has 0 saturated carbocycles. The van der Waals surface area contributed by atoms with Crippen LogP contribution in [0.1, 0.15) is 12.5 Å². The summed E-state index contributed by atoms with van der Waals surface area (Å²) in [5.74, 6) is 0. The lowest BCUT2D eigenvalue weighted by Gasteiger charge is -2.17. The van der Waals surface area contributed by atoms with Gasteiger partial charge in [0.15, 0.2) is 6.29 Å². The van der Waals surface area contributed by atoms with Crippen molar-refractivity contribution in [2.75, 3.05) is 0 Å². The second-order valence-corrected chi connectivity index (χ2v) is 4.17. The number of halogens is 2. The molecule has 1 N–H and O–H groups in total. The van der Waals surface area contributed by atoms with Crippen molar-refractivity contribution in [3.05, 3.63) is 33.8 Å². The van der Waals surface area contributed by atoms with Crippen LogP contribution >= 0.6 is 23.2 Å². The summed E-state index contributed by atoms with van der Waals surface area (Å²) < 4.78 is 0. The lowest BCUT2D eigenvalue weighted by molar-refractivity contribution is -0.122. The summed E-state index contributed by atoms with van der Waals surface area (Å²) in [6, 6.07) is 5.05. The molecule has 0 spiro atoms. The summed E-state index contributed by atoms with van der Waals surface area (Å²) >= 11 is 11.8. The van der Waals surface area contributed by atoms with Crippen molar-refractivity contribution in [1.82, 2.24) is 0 Å². The highest BCUT2D eigenvalue weighted by Gasteiger charge is 2.22. The standard InChI is InChI=1S/C10H10Cl2O2/c1-10(14,6-13)5-7-8(11)3-2-4-9(7)12/h2-4,6,14H,5H2,1H3. The van der Waals surface area contributed by atoms with Gasteiger partial charge in [0.1, 0.15) is 5.60 Å². The van der Waals surface area contributed by atoms with E-state index in [4.69, 9.17) is 23.2 Å². The van der Waals surface area contributed by atoms with Gasteiger partial charge in [0.2, 0.25) is 0 Å². The van der Waals surface area contributed by atoms with E-state index in [0.717, 1.165) is 0 Å². The SMILES string of the molecule is CC(O)(C=O)Cc1c(Cl)cccc1Cl. The van der Waals surface area contributed by atoms with Gasteiger partial charge >= 0.3 is 0 Å². The predicted octanol–water partition coefficient (Wildman–Crippen LogP) is 2.49. The average Bonchev–Trinajstić information content (AvgIpc) is 2.12. The third-order valence-electron chi connectivity index (χ3n) is 1.85. The molecule has 0 fully saturated rings. The van der Waals surface area contributed by atoms with Crippen LogP contribution in [0.4, 0.5) is 0 Å². The fourth-order valence-electron chi connectivity index (χ4n) is 1.10. The van der Waals surface area contributed by atoms with Crippen molar-refractivity contribution in [3.8, 4) is 0 Å². The smallest absolute Gasteiger partial charge is 0.151 e. The van der Waals surface area contributed by atoms with Gasteiger partial charge in [0.25, 0.3) is 0 Å². The molecule has 0 aliphatic carbocycles. The van der Waals surface area contributed by atoms with Gasteiger partial charge in [-0.3, -0.25) is 0 Å². The van der Waals surface area contributed by atoms with Crippen molar-refractivity contribution in [2.45, 2.75) is 18.9 Å². The summed E-state index contributed by atoms with van der Waals surface area (Å²) in [7, 11) is 0. The highest BCUT2D eigenvalue weighted by atomic mass is 35.5. The molecule has 1 atom stereocenters. The molecule has 1 aromatic carbocycles. The molecule has 0 aliphatic heterocycles. The number of aldehydes is 1. The first-order chi connectivity index (χ1) is 6.46. The van der Waals surface area contributed by atoms with E-state index in [0.29, 0.717) is 21.9 Å². The van der Waals surface area contributed by atoms with E-state index in [-0.39, 0.29) is 6.42 Å². The molecule has 0 saturated heterocycles. The first-order valence-electron chi connectivity index (χ1n) is 4.08. The molecule has 0 heterocycles. The van der Waals surface area contributed by atoms with Crippen LogP contribution in [0, 0.1) is 0 Å². The second-order valence-electron chi connectivity index (χ2n) is 3.35. The van der Waals surface area contributed by atoms with Crippen molar-refractivity contribution in [3.63, 3.8) is 0 Å². The largest absolute Gasteiger partial charge is 0.382 e. The maximum absolute atomic E-state index is 10.5. The van der Waals surface area contributed by atoms with Crippen molar-refractivity contribution < 1.29 is 9.90 Å². The van der Waals surface area contributed by atoms with Gasteiger partial charge < -0.3 is 9.90 Å². The molecular formula is C10H10Cl2O2. The van der Waals surface area contributed by atoms with Gasteiger partial charge in [-0.15, -0.1) is 0 Å². The quantitative estimate of drug-likeness (QED) is 0.814. The van der Waals surface area contributed by atoms with E-state index in [1.807, 2.05) is 0 Å². The summed E-state index contributed by atoms with van der Waals surface area (Å²) in [5, 5.41) is 10.5. The van der Waals surface area contributed by atoms with Crippen LogP contribution in [-0.4, -0.2) is 17.0 Å². The number of carbonyl (C=O) groups excluding carboxylic acids is 1. The van der Waals surface area contributed by atoms with Gasteiger partial charge in [-0.2, -0.15) is 0 Å². The first kappa shape index (κ1) is 11.5. The van der Waals surface area contributed by atoms with E-state index in [1.54, 1.807) is 18.2 Å². The molecule has 0 aliphatic rings. The van der Waals surface area contributed by atoms with Crippen molar-refractivity contribution in [2.24, 2.45) is 0 Å². The molecule has 0 radical (unpaired) electrons. The minimum atomic E-state index is -1.42. The number of hydrogen-bond donors (Lipinski definition) is 1. The number of benzene rings is 1. The molecule has 0 aromatic heterocycles. The Labute approximate surface area is 92.5 Å². The lowest BCUT2D eigenvalue weighted by Crippen LogP contribution is -2.29. The van der Waals surface area contributed by atoms with Crippen LogP contribution in [0.3, 0.4) is 0 Å². The zero-order valence-electron chi connectivity index (χ0n) is 7.63. The zero-order chi connectivity index (χ0) is 10.8. The number of carbonyl (C=O) groups is 1. The Balaban J connectivity index is 3.02. The van der Waals surface area contributed by atoms with E-state index in [2.05, 4.69) is 0 Å². The van der Waals surface area contributed by atoms with E-state index < -0.39 is 5.60 Å². The molecule has 1 aromatic rings. The molecule has 0 amide bonds. The minimum Gasteiger partial charge on any atom is -0.382 e. The van der Waals surface area contributed by atoms with Crippen molar-refractivity contribution >= 4 is 29.5 Å². The number of rotatable bonds is 3. The fraction of sp³-hybridized carbons (Fsp3) is 0.300. The zero-order valence-corrected chi connectivity index (χ0v) is 9.14. The molecular weight excluding hydrogens is 223 g/mol. The van der Waals surface area contributed by atoms with Gasteiger partial charge in [-0.05, 0) is 24.6 Å². The summed E-state index contributed by atoms with van der Waals surface area (Å²) in [6.45, 7) is 1.42. The first-order valence-corrected chi connectivity index (χ1v) is 4.83. The van der Waals surface area contributed by atoms with Gasteiger partial charge in [0.05, 0.1) is 0 Å². The van der Waals surface area contributed by atoms with E-state index in [1.165, 1.54) is 6.92 Å². The highest BCUT2D eigenvalue weighted by molar-refractivity contribution is 6.36. The molecule has 2 nitrogen and oxygen atoms in total. The normalized spacial score (nSPS) is 14.9. The lowest BCUT2D eigenvalue weighted by atomic mass is 9.98. The molecule has 14 heavy (non-hydrogen) atoms. The fourth-order valence-corrected chi connectivity index (χ4v) is 1.63. The predicted molar refractivity (Wildman–Crippen MR) is 56.9 cm³/mol. The monoisotopic (exact) mass is 232 g/mol. The maximum Gasteiger partial charge on any atom is 0.151 e. The van der Waals surface area contributed by atoms with Crippen LogP contribution in [0.15, 0.2) is 18.2 Å². The number of aliphatic hydroxyl groups is 1. The minimum absolute atomic E-state index is 0.120. The molecule has 0 bridgehead atoms.